The Morgan fingerprint density at radius 1 is 1.17 bits per heavy atom. The number of rotatable bonds is 9. The lowest BCUT2D eigenvalue weighted by atomic mass is 10.1. The lowest BCUT2D eigenvalue weighted by molar-refractivity contribution is -0.138. The Bertz CT molecular complexity index is 813. The van der Waals surface area contributed by atoms with Gasteiger partial charge < -0.3 is 26.6 Å². The molecule has 0 saturated carbocycles. The van der Waals surface area contributed by atoms with Crippen molar-refractivity contribution in [3.05, 3.63) is 33.8 Å². The molecule has 1 aromatic rings. The van der Waals surface area contributed by atoms with Crippen LogP contribution in [0.5, 0.6) is 0 Å². The molecule has 7 N–H and O–H groups in total. The number of aliphatic carboxylic acids is 1. The van der Waals surface area contributed by atoms with Crippen LogP contribution in [-0.2, 0) is 25.5 Å². The van der Waals surface area contributed by atoms with Gasteiger partial charge in [-0.3, -0.25) is 19.7 Å². The number of nitrogens with zero attached hydrogens (tertiary/aromatic N) is 1. The van der Waals surface area contributed by atoms with Crippen LogP contribution < -0.4 is 22.1 Å². The fourth-order valence-corrected chi connectivity index (χ4v) is 2.57. The van der Waals surface area contributed by atoms with Crippen molar-refractivity contribution in [2.75, 3.05) is 13.2 Å². The lowest BCUT2D eigenvalue weighted by Gasteiger charge is -2.08. The van der Waals surface area contributed by atoms with Crippen molar-refractivity contribution in [1.82, 2.24) is 10.6 Å². The summed E-state index contributed by atoms with van der Waals surface area (Å²) in [6.07, 6.45) is -1.37. The smallest absolute Gasteiger partial charge is 0.436 e. The van der Waals surface area contributed by atoms with Gasteiger partial charge in [-0.05, 0) is 24.1 Å². The summed E-state index contributed by atoms with van der Waals surface area (Å²) < 4.78 is 4.73. The second kappa shape index (κ2) is 12.6. The van der Waals surface area contributed by atoms with Crippen molar-refractivity contribution in [2.45, 2.75) is 25.3 Å². The number of amides is 3. The highest BCUT2D eigenvalue weighted by molar-refractivity contribution is 6.36. The van der Waals surface area contributed by atoms with Crippen molar-refractivity contribution < 1.29 is 29.0 Å². The van der Waals surface area contributed by atoms with E-state index in [0.717, 1.165) is 0 Å². The molecule has 1 rings (SSSR count). The SMILES string of the molecule is NC(=NC(=O)OCCNC(=O)CC[C@H](N)C(=O)O)NC(=O)Cc1c(Cl)cccc1Cl. The van der Waals surface area contributed by atoms with Gasteiger partial charge in [-0.2, -0.15) is 0 Å². The molecule has 0 saturated heterocycles. The molecule has 0 aromatic heterocycles. The van der Waals surface area contributed by atoms with E-state index in [9.17, 15) is 19.2 Å². The molecular formula is C17H21Cl2N5O6. The molecule has 0 unspecified atom stereocenters. The number of guanidine groups is 1. The number of nitrogens with one attached hydrogen (secondary N) is 2. The molecule has 0 radical (unpaired) electrons. The number of halogens is 2. The molecule has 1 atom stereocenters. The number of nitrogens with two attached hydrogens (primary N) is 2. The zero-order valence-electron chi connectivity index (χ0n) is 15.7. The maximum atomic E-state index is 12.0. The maximum Gasteiger partial charge on any atom is 0.436 e. The molecule has 3 amide bonds. The van der Waals surface area contributed by atoms with E-state index in [-0.39, 0.29) is 32.4 Å². The largest absolute Gasteiger partial charge is 0.480 e. The molecule has 0 aliphatic rings. The van der Waals surface area contributed by atoms with Crippen LogP contribution in [-0.4, -0.2) is 54.1 Å². The van der Waals surface area contributed by atoms with Crippen LogP contribution in [0.25, 0.3) is 0 Å². The van der Waals surface area contributed by atoms with E-state index >= 15 is 0 Å². The first-order valence-corrected chi connectivity index (χ1v) is 9.34. The lowest BCUT2D eigenvalue weighted by Crippen LogP contribution is -2.38. The molecule has 0 spiro atoms. The minimum absolute atomic E-state index is 0.0269. The van der Waals surface area contributed by atoms with Crippen LogP contribution in [0.2, 0.25) is 10.0 Å². The third-order valence-electron chi connectivity index (χ3n) is 3.53. The number of aliphatic imine (C=N–C) groups is 1. The average molecular weight is 462 g/mol. The van der Waals surface area contributed by atoms with Gasteiger partial charge in [0, 0.05) is 16.5 Å². The highest BCUT2D eigenvalue weighted by atomic mass is 35.5. The number of carbonyl (C=O) groups is 4. The first kappa shape index (κ1) is 25.1. The van der Waals surface area contributed by atoms with E-state index in [4.69, 9.17) is 44.5 Å². The van der Waals surface area contributed by atoms with E-state index < -0.39 is 35.9 Å². The molecule has 0 aliphatic carbocycles. The van der Waals surface area contributed by atoms with Crippen LogP contribution in [0.1, 0.15) is 18.4 Å². The van der Waals surface area contributed by atoms with Crippen molar-refractivity contribution in [3.8, 4) is 0 Å². The number of carboxylic acid groups (broad SMARTS) is 1. The highest BCUT2D eigenvalue weighted by Gasteiger charge is 2.14. The van der Waals surface area contributed by atoms with Gasteiger partial charge in [-0.15, -0.1) is 4.99 Å². The number of benzene rings is 1. The standard InChI is InChI=1S/C17H21Cl2N5O6/c18-10-2-1-3-11(19)9(10)8-14(26)23-16(21)24-17(29)30-7-6-22-13(25)5-4-12(20)15(27)28/h1-3,12H,4-8,20H2,(H,22,25)(H,27,28)(H3,21,23,24,26,29)/t12-/m0/s1. The van der Waals surface area contributed by atoms with E-state index in [0.29, 0.717) is 15.6 Å². The van der Waals surface area contributed by atoms with Gasteiger partial charge in [-0.1, -0.05) is 29.3 Å². The summed E-state index contributed by atoms with van der Waals surface area (Å²) in [5, 5.41) is 13.8. The van der Waals surface area contributed by atoms with Crippen LogP contribution in [0, 0.1) is 0 Å². The van der Waals surface area contributed by atoms with Gasteiger partial charge in [-0.25, -0.2) is 4.79 Å². The zero-order valence-corrected chi connectivity index (χ0v) is 17.2. The first-order valence-electron chi connectivity index (χ1n) is 8.59. The minimum atomic E-state index is -1.20. The topological polar surface area (TPSA) is 186 Å². The number of carboxylic acids is 1. The van der Waals surface area contributed by atoms with Crippen LogP contribution >= 0.6 is 23.2 Å². The summed E-state index contributed by atoms with van der Waals surface area (Å²) >= 11 is 11.9. The van der Waals surface area contributed by atoms with E-state index in [1.54, 1.807) is 18.2 Å². The van der Waals surface area contributed by atoms with Gasteiger partial charge in [0.05, 0.1) is 13.0 Å². The van der Waals surface area contributed by atoms with Gasteiger partial charge in [0.2, 0.25) is 17.8 Å². The van der Waals surface area contributed by atoms with Crippen molar-refractivity contribution in [2.24, 2.45) is 16.5 Å². The summed E-state index contributed by atoms with van der Waals surface area (Å²) in [6.45, 7) is -0.241. The Morgan fingerprint density at radius 3 is 2.40 bits per heavy atom. The quantitative estimate of drug-likeness (QED) is 0.198. The van der Waals surface area contributed by atoms with Crippen molar-refractivity contribution >= 4 is 53.0 Å². The predicted octanol–water partition coefficient (Wildman–Crippen LogP) is 0.412. The van der Waals surface area contributed by atoms with Gasteiger partial charge in [0.15, 0.2) is 0 Å². The van der Waals surface area contributed by atoms with E-state index in [1.165, 1.54) is 0 Å². The number of hydrogen-bond acceptors (Lipinski definition) is 6. The molecule has 164 valence electrons. The fourth-order valence-electron chi connectivity index (χ4n) is 2.03. The second-order valence-electron chi connectivity index (χ2n) is 5.87. The fraction of sp³-hybridized carbons (Fsp3) is 0.353. The van der Waals surface area contributed by atoms with Crippen LogP contribution in [0.3, 0.4) is 0 Å². The zero-order chi connectivity index (χ0) is 22.7. The molecule has 0 fully saturated rings. The molecule has 1 aromatic carbocycles. The summed E-state index contributed by atoms with van der Waals surface area (Å²) in [7, 11) is 0. The summed E-state index contributed by atoms with van der Waals surface area (Å²) in [5.74, 6) is -2.73. The second-order valence-corrected chi connectivity index (χ2v) is 6.68. The molecule has 13 heteroatoms. The van der Waals surface area contributed by atoms with Gasteiger partial charge >= 0.3 is 12.1 Å². The minimum Gasteiger partial charge on any atom is -0.480 e. The highest BCUT2D eigenvalue weighted by Crippen LogP contribution is 2.24. The normalized spacial score (nSPS) is 12.0. The Balaban J connectivity index is 2.33. The Kier molecular flexibility index (Phi) is 10.6. The first-order chi connectivity index (χ1) is 14.1. The summed E-state index contributed by atoms with van der Waals surface area (Å²) in [4.78, 5) is 48.9. The van der Waals surface area contributed by atoms with Crippen LogP contribution in [0.15, 0.2) is 23.2 Å². The molecular weight excluding hydrogens is 441 g/mol. The maximum absolute atomic E-state index is 12.0. The Morgan fingerprint density at radius 2 is 1.80 bits per heavy atom. The third-order valence-corrected chi connectivity index (χ3v) is 4.24. The Hall–Kier alpha value is -2.89. The third kappa shape index (κ3) is 9.54. The predicted molar refractivity (Wildman–Crippen MR) is 109 cm³/mol. The number of carbonyl (C=O) groups excluding carboxylic acids is 3. The van der Waals surface area contributed by atoms with Crippen molar-refractivity contribution in [1.29, 1.82) is 0 Å². The molecule has 11 nitrogen and oxygen atoms in total. The number of ether oxygens (including phenoxy) is 1. The molecule has 30 heavy (non-hydrogen) atoms. The molecule has 0 aliphatic heterocycles. The average Bonchev–Trinajstić information content (AvgIpc) is 2.66. The number of hydrogen-bond donors (Lipinski definition) is 5. The van der Waals surface area contributed by atoms with E-state index in [1.807, 2.05) is 0 Å². The monoisotopic (exact) mass is 461 g/mol. The summed E-state index contributed by atoms with van der Waals surface area (Å²) in [5.41, 5.74) is 11.1. The molecule has 0 bridgehead atoms. The van der Waals surface area contributed by atoms with Crippen LogP contribution in [0.4, 0.5) is 4.79 Å². The van der Waals surface area contributed by atoms with Crippen molar-refractivity contribution in [3.63, 3.8) is 0 Å². The molecule has 0 heterocycles. The Labute approximate surface area is 181 Å². The van der Waals surface area contributed by atoms with E-state index in [2.05, 4.69) is 15.6 Å². The van der Waals surface area contributed by atoms with Gasteiger partial charge in [0.25, 0.3) is 0 Å². The van der Waals surface area contributed by atoms with Gasteiger partial charge in [0.1, 0.15) is 12.6 Å². The summed E-state index contributed by atoms with van der Waals surface area (Å²) in [6, 6.07) is 3.65.